The summed E-state index contributed by atoms with van der Waals surface area (Å²) in [7, 11) is 1.91. The topological polar surface area (TPSA) is 0 Å². The van der Waals surface area contributed by atoms with Gasteiger partial charge in [0.15, 0.2) is 0 Å². The van der Waals surface area contributed by atoms with Crippen molar-refractivity contribution in [3.05, 3.63) is 0 Å². The van der Waals surface area contributed by atoms with Crippen molar-refractivity contribution in [2.45, 2.75) is 51.0 Å². The Morgan fingerprint density at radius 1 is 1.38 bits per heavy atom. The maximum absolute atomic E-state index is 13.0. The minimum absolute atomic E-state index is 0.316. The number of alkyl halides is 4. The first-order valence-electron chi connectivity index (χ1n) is 5.82. The third kappa shape index (κ3) is 2.87. The fourth-order valence-corrected chi connectivity index (χ4v) is 2.71. The molecule has 1 aliphatic rings. The average molecular weight is 242 g/mol. The third-order valence-electron chi connectivity index (χ3n) is 3.65. The van der Waals surface area contributed by atoms with E-state index in [4.69, 9.17) is 0 Å². The van der Waals surface area contributed by atoms with Crippen molar-refractivity contribution in [2.24, 2.45) is 0 Å². The molecule has 1 fully saturated rings. The van der Waals surface area contributed by atoms with Gasteiger partial charge >= 0.3 is 12.3 Å². The van der Waals surface area contributed by atoms with Crippen molar-refractivity contribution in [2.75, 3.05) is 20.1 Å². The molecule has 1 heterocycles. The summed E-state index contributed by atoms with van der Waals surface area (Å²) >= 11 is 0. The molecule has 1 rings (SSSR count). The highest BCUT2D eigenvalue weighted by Crippen LogP contribution is 2.36. The molecule has 1 aliphatic heterocycles. The summed E-state index contributed by atoms with van der Waals surface area (Å²) in [4.78, 5) is 0. The summed E-state index contributed by atoms with van der Waals surface area (Å²) in [5, 5.41) is 0. The molecule has 0 aliphatic carbocycles. The van der Waals surface area contributed by atoms with Gasteiger partial charge in [-0.2, -0.15) is 0 Å². The molecule has 0 saturated carbocycles. The lowest BCUT2D eigenvalue weighted by Gasteiger charge is -2.37. The summed E-state index contributed by atoms with van der Waals surface area (Å²) in [6.07, 6.45) is -1.82. The Kier molecular flexibility index (Phi) is 4.21. The molecule has 0 bridgehead atoms. The maximum Gasteiger partial charge on any atom is 0.313 e. The van der Waals surface area contributed by atoms with Gasteiger partial charge in [0.05, 0.1) is 32.6 Å². The van der Waals surface area contributed by atoms with Crippen LogP contribution in [0.25, 0.3) is 0 Å². The van der Waals surface area contributed by atoms with Gasteiger partial charge in [-0.15, -0.1) is 0 Å². The molecule has 2 atom stereocenters. The van der Waals surface area contributed by atoms with Gasteiger partial charge in [0.2, 0.25) is 0 Å². The number of hydrogen-bond acceptors (Lipinski definition) is 0. The minimum Gasteiger partial charge on any atom is -0.323 e. The molecule has 0 spiro atoms. The van der Waals surface area contributed by atoms with E-state index in [-0.39, 0.29) is 6.04 Å². The molecule has 2 unspecified atom stereocenters. The quantitative estimate of drug-likeness (QED) is 0.512. The molecule has 0 radical (unpaired) electrons. The van der Waals surface area contributed by atoms with Crippen LogP contribution in [0.5, 0.6) is 0 Å². The van der Waals surface area contributed by atoms with Gasteiger partial charge in [-0.1, -0.05) is 6.92 Å². The van der Waals surface area contributed by atoms with Crippen LogP contribution in [0.2, 0.25) is 0 Å². The lowest BCUT2D eigenvalue weighted by atomic mass is 10.0. The van der Waals surface area contributed by atoms with Gasteiger partial charge in [0, 0.05) is 12.8 Å². The highest BCUT2D eigenvalue weighted by Gasteiger charge is 2.49. The Hall–Kier alpha value is -0.320. The molecule has 96 valence electrons. The summed E-state index contributed by atoms with van der Waals surface area (Å²) in [5.41, 5.74) is 0. The van der Waals surface area contributed by atoms with Gasteiger partial charge < -0.3 is 4.48 Å². The van der Waals surface area contributed by atoms with E-state index in [1.807, 2.05) is 14.0 Å². The maximum atomic E-state index is 13.0. The van der Waals surface area contributed by atoms with Gasteiger partial charge in [-0.25, -0.2) is 17.6 Å². The zero-order chi connectivity index (χ0) is 12.4. The number of nitrogens with zero attached hydrogens (tertiary/aromatic N) is 1. The van der Waals surface area contributed by atoms with Crippen LogP contribution >= 0.6 is 0 Å². The van der Waals surface area contributed by atoms with E-state index in [2.05, 4.69) is 0 Å². The van der Waals surface area contributed by atoms with Gasteiger partial charge in [0.1, 0.15) is 0 Å². The molecular formula is C11H20F4N+. The van der Waals surface area contributed by atoms with E-state index in [9.17, 15) is 17.6 Å². The largest absolute Gasteiger partial charge is 0.323 e. The van der Waals surface area contributed by atoms with Crippen molar-refractivity contribution >= 4 is 0 Å². The normalized spacial score (nSPS) is 31.3. The van der Waals surface area contributed by atoms with Crippen LogP contribution < -0.4 is 0 Å². The monoisotopic (exact) mass is 242 g/mol. The number of hydrogen-bond donors (Lipinski definition) is 0. The standard InChI is InChI=1S/C11H20F4N/c1-3-6-16(2)7-4-5-9(16)8-11(14,15)10(12)13/h9-10H,3-8H2,1-2H3/q+1. The van der Waals surface area contributed by atoms with Crippen LogP contribution in [-0.2, 0) is 0 Å². The Morgan fingerprint density at radius 2 is 2.00 bits per heavy atom. The minimum atomic E-state index is -3.83. The van der Waals surface area contributed by atoms with Crippen molar-refractivity contribution in [1.82, 2.24) is 0 Å². The molecule has 0 aromatic rings. The predicted octanol–water partition coefficient (Wildman–Crippen LogP) is 3.30. The number of likely N-dealkylation sites (tertiary alicyclic amines) is 1. The Balaban J connectivity index is 2.66. The number of quaternary nitrogens is 1. The summed E-state index contributed by atoms with van der Waals surface area (Å²) < 4.78 is 50.9. The van der Waals surface area contributed by atoms with Crippen molar-refractivity contribution < 1.29 is 22.0 Å². The summed E-state index contributed by atoms with van der Waals surface area (Å²) in [6.45, 7) is 3.62. The first kappa shape index (κ1) is 13.7. The summed E-state index contributed by atoms with van der Waals surface area (Å²) in [6, 6.07) is -0.316. The van der Waals surface area contributed by atoms with Gasteiger partial charge in [0.25, 0.3) is 0 Å². The second-order valence-electron chi connectivity index (χ2n) is 4.99. The van der Waals surface area contributed by atoms with Crippen LogP contribution in [-0.4, -0.2) is 43.0 Å². The van der Waals surface area contributed by atoms with E-state index in [0.717, 1.165) is 25.9 Å². The van der Waals surface area contributed by atoms with Crippen LogP contribution in [0, 0.1) is 0 Å². The second-order valence-corrected chi connectivity index (χ2v) is 4.99. The first-order valence-corrected chi connectivity index (χ1v) is 5.82. The molecule has 0 N–H and O–H groups in total. The number of halogens is 4. The van der Waals surface area contributed by atoms with Crippen molar-refractivity contribution in [3.8, 4) is 0 Å². The molecule has 0 aromatic carbocycles. The lowest BCUT2D eigenvalue weighted by Crippen LogP contribution is -2.51. The van der Waals surface area contributed by atoms with E-state index in [1.165, 1.54) is 0 Å². The zero-order valence-electron chi connectivity index (χ0n) is 9.86. The fourth-order valence-electron chi connectivity index (χ4n) is 2.71. The highest BCUT2D eigenvalue weighted by atomic mass is 19.3. The Labute approximate surface area is 94.0 Å². The second kappa shape index (κ2) is 4.90. The van der Waals surface area contributed by atoms with Crippen LogP contribution in [0.1, 0.15) is 32.6 Å². The molecule has 0 aromatic heterocycles. The fraction of sp³-hybridized carbons (Fsp3) is 1.00. The predicted molar refractivity (Wildman–Crippen MR) is 54.8 cm³/mol. The smallest absolute Gasteiger partial charge is 0.313 e. The van der Waals surface area contributed by atoms with Crippen LogP contribution in [0.15, 0.2) is 0 Å². The molecule has 5 heteroatoms. The molecule has 1 nitrogen and oxygen atoms in total. The zero-order valence-corrected chi connectivity index (χ0v) is 9.86. The van der Waals surface area contributed by atoms with Crippen LogP contribution in [0.4, 0.5) is 17.6 Å². The first-order chi connectivity index (χ1) is 7.32. The van der Waals surface area contributed by atoms with E-state index >= 15 is 0 Å². The molecule has 0 amide bonds. The van der Waals surface area contributed by atoms with Crippen molar-refractivity contribution in [1.29, 1.82) is 0 Å². The van der Waals surface area contributed by atoms with Crippen LogP contribution in [0.3, 0.4) is 0 Å². The van der Waals surface area contributed by atoms with E-state index < -0.39 is 18.8 Å². The number of rotatable bonds is 5. The third-order valence-corrected chi connectivity index (χ3v) is 3.65. The van der Waals surface area contributed by atoms with Gasteiger partial charge in [-0.05, 0) is 6.42 Å². The molecule has 1 saturated heterocycles. The highest BCUT2D eigenvalue weighted by molar-refractivity contribution is 4.78. The molecular weight excluding hydrogens is 222 g/mol. The van der Waals surface area contributed by atoms with Crippen molar-refractivity contribution in [3.63, 3.8) is 0 Å². The van der Waals surface area contributed by atoms with Gasteiger partial charge in [-0.3, -0.25) is 0 Å². The average Bonchev–Trinajstić information content (AvgIpc) is 2.47. The van der Waals surface area contributed by atoms with E-state index in [1.54, 1.807) is 0 Å². The Bertz CT molecular complexity index is 232. The lowest BCUT2D eigenvalue weighted by molar-refractivity contribution is -0.922. The Morgan fingerprint density at radius 3 is 2.50 bits per heavy atom. The summed E-state index contributed by atoms with van der Waals surface area (Å²) in [5.74, 6) is -3.83. The molecule has 16 heavy (non-hydrogen) atoms. The van der Waals surface area contributed by atoms with E-state index in [0.29, 0.717) is 10.9 Å². The SMILES string of the molecule is CCC[N+]1(C)CCCC1CC(F)(F)C(F)F.